The molecule has 0 spiro atoms. The summed E-state index contributed by atoms with van der Waals surface area (Å²) in [6.45, 7) is 0. The van der Waals surface area contributed by atoms with Crippen molar-refractivity contribution in [3.63, 3.8) is 0 Å². The van der Waals surface area contributed by atoms with Crippen LogP contribution in [-0.2, 0) is 0 Å². The van der Waals surface area contributed by atoms with Crippen LogP contribution in [0.3, 0.4) is 0 Å². The van der Waals surface area contributed by atoms with Gasteiger partial charge >= 0.3 is 6.18 Å². The number of alkyl halides is 3. The Balaban J connectivity index is 2.69. The fourth-order valence-electron chi connectivity index (χ4n) is 1.60. The summed E-state index contributed by atoms with van der Waals surface area (Å²) in [5.74, 6) is 0. The van der Waals surface area contributed by atoms with Crippen LogP contribution >= 0.6 is 0 Å². The number of nitrogens with one attached hydrogen (secondary N) is 1. The lowest BCUT2D eigenvalue weighted by Crippen LogP contribution is -2.24. The molecular weight excluding hydrogens is 231 g/mol. The van der Waals surface area contributed by atoms with E-state index in [-0.39, 0.29) is 6.04 Å². The quantitative estimate of drug-likeness (QED) is 0.762. The van der Waals surface area contributed by atoms with E-state index in [0.717, 1.165) is 38.1 Å². The van der Waals surface area contributed by atoms with E-state index in [1.807, 2.05) is 0 Å². The predicted molar refractivity (Wildman–Crippen MR) is 62.4 cm³/mol. The molecule has 0 unspecified atom stereocenters. The van der Waals surface area contributed by atoms with Crippen LogP contribution in [0.1, 0.15) is 25.7 Å². The Hall–Kier alpha value is -1.33. The summed E-state index contributed by atoms with van der Waals surface area (Å²) < 4.78 is 37.6. The maximum atomic E-state index is 12.5. The first-order valence-electron chi connectivity index (χ1n) is 5.54. The van der Waals surface area contributed by atoms with Crippen molar-refractivity contribution in [2.24, 2.45) is 9.98 Å². The van der Waals surface area contributed by atoms with Crippen LogP contribution in [0.25, 0.3) is 0 Å². The summed E-state index contributed by atoms with van der Waals surface area (Å²) in [5.41, 5.74) is -0.962. The SMILES string of the molecule is CN/C=C/N=C(C=NC1CCCC1)C(F)(F)F. The van der Waals surface area contributed by atoms with Gasteiger partial charge in [-0.15, -0.1) is 0 Å². The highest BCUT2D eigenvalue weighted by Gasteiger charge is 2.34. The maximum Gasteiger partial charge on any atom is 0.434 e. The van der Waals surface area contributed by atoms with Gasteiger partial charge in [-0.25, -0.2) is 4.99 Å². The molecule has 0 amide bonds. The average molecular weight is 247 g/mol. The molecule has 0 radical (unpaired) electrons. The minimum absolute atomic E-state index is 0.0239. The van der Waals surface area contributed by atoms with Crippen molar-refractivity contribution in [1.82, 2.24) is 5.32 Å². The van der Waals surface area contributed by atoms with Gasteiger partial charge in [0.25, 0.3) is 0 Å². The first kappa shape index (κ1) is 13.7. The molecule has 1 rings (SSSR count). The fraction of sp³-hybridized carbons (Fsp3) is 0.636. The van der Waals surface area contributed by atoms with E-state index in [9.17, 15) is 13.2 Å². The molecule has 0 aliphatic heterocycles. The highest BCUT2D eigenvalue weighted by Crippen LogP contribution is 2.21. The Bertz CT molecular complexity index is 312. The Morgan fingerprint density at radius 3 is 2.47 bits per heavy atom. The summed E-state index contributed by atoms with van der Waals surface area (Å²) in [5, 5.41) is 2.57. The molecule has 1 N–H and O–H groups in total. The minimum atomic E-state index is -4.46. The number of halogens is 3. The Morgan fingerprint density at radius 1 is 1.29 bits per heavy atom. The standard InChI is InChI=1S/C11H16F3N3/c1-15-6-7-16-10(11(12,13)14)8-17-9-4-2-3-5-9/h6-9,15H,2-5H2,1H3/b7-6+,16-10?,17-8?. The fourth-order valence-corrected chi connectivity index (χ4v) is 1.60. The van der Waals surface area contributed by atoms with Crippen molar-refractivity contribution in [3.8, 4) is 0 Å². The zero-order valence-corrected chi connectivity index (χ0v) is 9.67. The second-order valence-electron chi connectivity index (χ2n) is 3.83. The van der Waals surface area contributed by atoms with Gasteiger partial charge in [-0.2, -0.15) is 13.2 Å². The van der Waals surface area contributed by atoms with E-state index in [2.05, 4.69) is 15.3 Å². The predicted octanol–water partition coefficient (Wildman–Crippen LogP) is 2.69. The molecule has 0 heterocycles. The van der Waals surface area contributed by atoms with E-state index in [0.29, 0.717) is 0 Å². The maximum absolute atomic E-state index is 12.5. The molecule has 1 saturated carbocycles. The molecule has 0 saturated heterocycles. The van der Waals surface area contributed by atoms with Crippen molar-refractivity contribution in [1.29, 1.82) is 0 Å². The summed E-state index contributed by atoms with van der Waals surface area (Å²) >= 11 is 0. The topological polar surface area (TPSA) is 36.8 Å². The summed E-state index contributed by atoms with van der Waals surface area (Å²) in [4.78, 5) is 7.28. The van der Waals surface area contributed by atoms with Crippen molar-refractivity contribution >= 4 is 11.9 Å². The highest BCUT2D eigenvalue weighted by atomic mass is 19.4. The van der Waals surface area contributed by atoms with Gasteiger partial charge in [-0.3, -0.25) is 4.99 Å². The third-order valence-electron chi connectivity index (χ3n) is 2.48. The Kier molecular flexibility index (Phi) is 5.18. The van der Waals surface area contributed by atoms with E-state index in [1.54, 1.807) is 7.05 Å². The molecule has 1 aliphatic carbocycles. The van der Waals surface area contributed by atoms with Crippen molar-refractivity contribution in [3.05, 3.63) is 12.4 Å². The summed E-state index contributed by atoms with van der Waals surface area (Å²) in [6.07, 6.45) is 2.61. The summed E-state index contributed by atoms with van der Waals surface area (Å²) in [7, 11) is 1.59. The number of nitrogens with zero attached hydrogens (tertiary/aromatic N) is 2. The van der Waals surface area contributed by atoms with Crippen molar-refractivity contribution in [2.45, 2.75) is 37.9 Å². The van der Waals surface area contributed by atoms with Gasteiger partial charge in [-0.05, 0) is 12.8 Å². The van der Waals surface area contributed by atoms with Gasteiger partial charge in [0, 0.05) is 19.4 Å². The molecule has 1 aliphatic rings. The summed E-state index contributed by atoms with van der Waals surface area (Å²) in [6, 6.07) is 0.0239. The monoisotopic (exact) mass is 247 g/mol. The molecular formula is C11H16F3N3. The molecule has 6 heteroatoms. The van der Waals surface area contributed by atoms with Crippen molar-refractivity contribution in [2.75, 3.05) is 7.05 Å². The molecule has 96 valence electrons. The molecule has 0 aromatic carbocycles. The number of aliphatic imine (C=N–C) groups is 2. The van der Waals surface area contributed by atoms with Gasteiger partial charge in [0.05, 0.1) is 12.3 Å². The van der Waals surface area contributed by atoms with Crippen LogP contribution in [0.15, 0.2) is 22.4 Å². The van der Waals surface area contributed by atoms with Crippen molar-refractivity contribution < 1.29 is 13.2 Å². The van der Waals surface area contributed by atoms with Crippen LogP contribution in [0.2, 0.25) is 0 Å². The average Bonchev–Trinajstić information content (AvgIpc) is 2.74. The lowest BCUT2D eigenvalue weighted by Gasteiger charge is -2.06. The normalized spacial score (nSPS) is 19.6. The second-order valence-corrected chi connectivity index (χ2v) is 3.83. The minimum Gasteiger partial charge on any atom is -0.393 e. The number of hydrogen-bond donors (Lipinski definition) is 1. The molecule has 0 bridgehead atoms. The van der Waals surface area contributed by atoms with E-state index in [4.69, 9.17) is 0 Å². The Morgan fingerprint density at radius 2 is 1.94 bits per heavy atom. The largest absolute Gasteiger partial charge is 0.434 e. The van der Waals surface area contributed by atoms with Crippen LogP contribution in [-0.4, -0.2) is 31.2 Å². The zero-order chi connectivity index (χ0) is 12.7. The molecule has 0 atom stereocenters. The van der Waals surface area contributed by atoms with Gasteiger partial charge in [0.2, 0.25) is 0 Å². The van der Waals surface area contributed by atoms with Gasteiger partial charge in [0.15, 0.2) is 5.71 Å². The molecule has 0 aromatic heterocycles. The number of hydrogen-bond acceptors (Lipinski definition) is 3. The molecule has 0 aromatic rings. The zero-order valence-electron chi connectivity index (χ0n) is 9.67. The van der Waals surface area contributed by atoms with E-state index >= 15 is 0 Å². The van der Waals surface area contributed by atoms with Gasteiger partial charge in [0.1, 0.15) is 0 Å². The molecule has 3 nitrogen and oxygen atoms in total. The lowest BCUT2D eigenvalue weighted by atomic mass is 10.2. The molecule has 17 heavy (non-hydrogen) atoms. The molecule has 1 fully saturated rings. The van der Waals surface area contributed by atoms with Crippen LogP contribution in [0.4, 0.5) is 13.2 Å². The smallest absolute Gasteiger partial charge is 0.393 e. The first-order chi connectivity index (χ1) is 8.04. The number of rotatable bonds is 4. The Labute approximate surface area is 98.5 Å². The van der Waals surface area contributed by atoms with E-state index in [1.165, 1.54) is 6.20 Å². The second kappa shape index (κ2) is 6.42. The van der Waals surface area contributed by atoms with Crippen LogP contribution in [0, 0.1) is 0 Å². The third-order valence-corrected chi connectivity index (χ3v) is 2.48. The van der Waals surface area contributed by atoms with E-state index < -0.39 is 11.9 Å². The van der Waals surface area contributed by atoms with Crippen LogP contribution in [0.5, 0.6) is 0 Å². The highest BCUT2D eigenvalue weighted by molar-refractivity contribution is 6.33. The van der Waals surface area contributed by atoms with Gasteiger partial charge < -0.3 is 5.32 Å². The first-order valence-corrected chi connectivity index (χ1v) is 5.54. The van der Waals surface area contributed by atoms with Gasteiger partial charge in [-0.1, -0.05) is 12.8 Å². The third kappa shape index (κ3) is 5.01. The van der Waals surface area contributed by atoms with Crippen LogP contribution < -0.4 is 5.32 Å². The lowest BCUT2D eigenvalue weighted by molar-refractivity contribution is -0.0564.